The topological polar surface area (TPSA) is 92.2 Å². The fraction of sp³-hybridized carbons (Fsp3) is 0.294. The molecule has 7 heteroatoms. The predicted molar refractivity (Wildman–Crippen MR) is 89.3 cm³/mol. The fourth-order valence-corrected chi connectivity index (χ4v) is 4.41. The largest absolute Gasteiger partial charge is 0.481 e. The van der Waals surface area contributed by atoms with Gasteiger partial charge in [0.1, 0.15) is 0 Å². The fourth-order valence-electron chi connectivity index (χ4n) is 3.69. The molecule has 24 heavy (non-hydrogen) atoms. The minimum Gasteiger partial charge on any atom is -0.481 e. The first-order valence-electron chi connectivity index (χ1n) is 7.71. The molecule has 4 unspecified atom stereocenters. The smallest absolute Gasteiger partial charge is 0.307 e. The van der Waals surface area contributed by atoms with Crippen LogP contribution in [0.15, 0.2) is 42.1 Å². The number of allylic oxidation sites excluding steroid dienone is 2. The molecule has 1 fully saturated rings. The second kappa shape index (κ2) is 5.83. The molecule has 2 heterocycles. The molecule has 2 aromatic rings. The minimum atomic E-state index is -0.899. The molecule has 1 amide bonds. The lowest BCUT2D eigenvalue weighted by Gasteiger charge is -2.23. The van der Waals surface area contributed by atoms with Crippen LogP contribution in [0.2, 0.25) is 0 Å². The van der Waals surface area contributed by atoms with Gasteiger partial charge in [-0.3, -0.25) is 14.6 Å². The van der Waals surface area contributed by atoms with Gasteiger partial charge in [-0.15, -0.1) is 11.3 Å². The molecular weight excluding hydrogens is 326 g/mol. The molecule has 2 bridgehead atoms. The molecule has 4 rings (SSSR count). The van der Waals surface area contributed by atoms with Gasteiger partial charge in [-0.1, -0.05) is 12.2 Å². The van der Waals surface area contributed by atoms with Gasteiger partial charge < -0.3 is 10.4 Å². The minimum absolute atomic E-state index is 0.00994. The average molecular weight is 341 g/mol. The molecule has 0 saturated heterocycles. The average Bonchev–Trinajstić information content (AvgIpc) is 3.30. The van der Waals surface area contributed by atoms with E-state index < -0.39 is 17.8 Å². The molecule has 0 spiro atoms. The first-order valence-corrected chi connectivity index (χ1v) is 8.59. The first-order chi connectivity index (χ1) is 11.6. The van der Waals surface area contributed by atoms with Gasteiger partial charge in [-0.2, -0.15) is 0 Å². The third-order valence-electron chi connectivity index (χ3n) is 4.76. The van der Waals surface area contributed by atoms with E-state index in [0.717, 1.165) is 17.7 Å². The van der Waals surface area contributed by atoms with Gasteiger partial charge in [0.25, 0.3) is 0 Å². The van der Waals surface area contributed by atoms with Gasteiger partial charge in [0.05, 0.1) is 17.5 Å². The SMILES string of the molecule is O=C(O)C1C2C=CC(C2)C1C(=O)Nc1nc(-c2ccncc2)cs1. The lowest BCUT2D eigenvalue weighted by atomic mass is 9.82. The number of thiazole rings is 1. The van der Waals surface area contributed by atoms with E-state index in [4.69, 9.17) is 0 Å². The Balaban J connectivity index is 1.52. The summed E-state index contributed by atoms with van der Waals surface area (Å²) >= 11 is 1.33. The maximum atomic E-state index is 12.6. The van der Waals surface area contributed by atoms with Gasteiger partial charge in [0, 0.05) is 23.3 Å². The molecule has 0 aromatic carbocycles. The van der Waals surface area contributed by atoms with Crippen LogP contribution < -0.4 is 5.32 Å². The summed E-state index contributed by atoms with van der Waals surface area (Å²) < 4.78 is 0. The Morgan fingerprint density at radius 1 is 1.17 bits per heavy atom. The summed E-state index contributed by atoms with van der Waals surface area (Å²) in [6.45, 7) is 0. The summed E-state index contributed by atoms with van der Waals surface area (Å²) in [5.74, 6) is -2.34. The number of aliphatic carboxylic acids is 1. The van der Waals surface area contributed by atoms with Crippen LogP contribution in [0.5, 0.6) is 0 Å². The molecule has 2 N–H and O–H groups in total. The van der Waals surface area contributed by atoms with Crippen LogP contribution in [0.3, 0.4) is 0 Å². The summed E-state index contributed by atoms with van der Waals surface area (Å²) in [6, 6.07) is 3.70. The molecule has 0 aliphatic heterocycles. The normalized spacial score (nSPS) is 27.3. The van der Waals surface area contributed by atoms with E-state index in [1.54, 1.807) is 12.4 Å². The lowest BCUT2D eigenvalue weighted by molar-refractivity contribution is -0.146. The Bertz CT molecular complexity index is 817. The molecule has 122 valence electrons. The van der Waals surface area contributed by atoms with Crippen molar-refractivity contribution in [2.45, 2.75) is 6.42 Å². The number of rotatable bonds is 4. The van der Waals surface area contributed by atoms with Crippen LogP contribution >= 0.6 is 11.3 Å². The second-order valence-corrected chi connectivity index (χ2v) is 6.96. The van der Waals surface area contributed by atoms with Crippen LogP contribution in [0, 0.1) is 23.7 Å². The van der Waals surface area contributed by atoms with Gasteiger partial charge in [0.2, 0.25) is 5.91 Å². The zero-order valence-electron chi connectivity index (χ0n) is 12.6. The highest BCUT2D eigenvalue weighted by Gasteiger charge is 2.51. The lowest BCUT2D eigenvalue weighted by Crippen LogP contribution is -2.36. The summed E-state index contributed by atoms with van der Waals surface area (Å²) in [4.78, 5) is 32.5. The van der Waals surface area contributed by atoms with Crippen LogP contribution in [0.25, 0.3) is 11.3 Å². The number of amides is 1. The van der Waals surface area contributed by atoms with Crippen LogP contribution in [-0.2, 0) is 9.59 Å². The number of aromatic nitrogens is 2. The molecule has 2 aliphatic rings. The van der Waals surface area contributed by atoms with Crippen molar-refractivity contribution in [3.8, 4) is 11.3 Å². The van der Waals surface area contributed by atoms with E-state index in [2.05, 4.69) is 15.3 Å². The molecular formula is C17H15N3O3S. The maximum absolute atomic E-state index is 12.6. The number of pyridine rings is 1. The number of carbonyl (C=O) groups is 2. The van der Waals surface area contributed by atoms with Crippen molar-refractivity contribution < 1.29 is 14.7 Å². The van der Waals surface area contributed by atoms with E-state index in [1.807, 2.05) is 29.7 Å². The number of carbonyl (C=O) groups excluding carboxylic acids is 1. The van der Waals surface area contributed by atoms with E-state index in [-0.39, 0.29) is 17.7 Å². The van der Waals surface area contributed by atoms with Crippen molar-refractivity contribution in [2.24, 2.45) is 23.7 Å². The highest BCUT2D eigenvalue weighted by Crippen LogP contribution is 2.48. The first kappa shape index (κ1) is 15.0. The maximum Gasteiger partial charge on any atom is 0.307 e. The Morgan fingerprint density at radius 3 is 2.58 bits per heavy atom. The molecule has 2 aliphatic carbocycles. The number of carboxylic acid groups (broad SMARTS) is 1. The highest BCUT2D eigenvalue weighted by atomic mass is 32.1. The molecule has 4 atom stereocenters. The van der Waals surface area contributed by atoms with Crippen LogP contribution in [0.1, 0.15) is 6.42 Å². The summed E-state index contributed by atoms with van der Waals surface area (Å²) in [7, 11) is 0. The second-order valence-electron chi connectivity index (χ2n) is 6.10. The van der Waals surface area contributed by atoms with Gasteiger partial charge in [-0.05, 0) is 30.4 Å². The van der Waals surface area contributed by atoms with Crippen molar-refractivity contribution in [1.82, 2.24) is 9.97 Å². The number of nitrogens with zero attached hydrogens (tertiary/aromatic N) is 2. The zero-order chi connectivity index (χ0) is 16.7. The number of hydrogen-bond donors (Lipinski definition) is 2. The van der Waals surface area contributed by atoms with Crippen molar-refractivity contribution in [3.63, 3.8) is 0 Å². The monoisotopic (exact) mass is 341 g/mol. The summed E-state index contributed by atoms with van der Waals surface area (Å²) in [6.07, 6.45) is 8.02. The highest BCUT2D eigenvalue weighted by molar-refractivity contribution is 7.14. The standard InChI is InChI=1S/C17H15N3O3S/c21-15(13-10-1-2-11(7-10)14(13)16(22)23)20-17-19-12(8-24-17)9-3-5-18-6-4-9/h1-6,8,10-11,13-14H,7H2,(H,22,23)(H,19,20,21). The number of hydrogen-bond acceptors (Lipinski definition) is 5. The van der Waals surface area contributed by atoms with Crippen LogP contribution in [-0.4, -0.2) is 27.0 Å². The molecule has 1 saturated carbocycles. The van der Waals surface area contributed by atoms with Gasteiger partial charge in [-0.25, -0.2) is 4.98 Å². The van der Waals surface area contributed by atoms with E-state index in [9.17, 15) is 14.7 Å². The number of carboxylic acids is 1. The third kappa shape index (κ3) is 2.50. The predicted octanol–water partition coefficient (Wildman–Crippen LogP) is 2.67. The zero-order valence-corrected chi connectivity index (χ0v) is 13.4. The van der Waals surface area contributed by atoms with Crippen molar-refractivity contribution in [1.29, 1.82) is 0 Å². The Hall–Kier alpha value is -2.54. The quantitative estimate of drug-likeness (QED) is 0.834. The van der Waals surface area contributed by atoms with Crippen LogP contribution in [0.4, 0.5) is 5.13 Å². The third-order valence-corrected chi connectivity index (χ3v) is 5.52. The molecule has 2 aromatic heterocycles. The van der Waals surface area contributed by atoms with Crippen molar-refractivity contribution in [3.05, 3.63) is 42.1 Å². The van der Waals surface area contributed by atoms with E-state index in [1.165, 1.54) is 11.3 Å². The molecule has 0 radical (unpaired) electrons. The van der Waals surface area contributed by atoms with Gasteiger partial charge >= 0.3 is 5.97 Å². The summed E-state index contributed by atoms with van der Waals surface area (Å²) in [5.41, 5.74) is 1.69. The van der Waals surface area contributed by atoms with Gasteiger partial charge in [0.15, 0.2) is 5.13 Å². The van der Waals surface area contributed by atoms with E-state index in [0.29, 0.717) is 5.13 Å². The van der Waals surface area contributed by atoms with Crippen molar-refractivity contribution in [2.75, 3.05) is 5.32 Å². The Morgan fingerprint density at radius 2 is 1.88 bits per heavy atom. The van der Waals surface area contributed by atoms with Crippen molar-refractivity contribution >= 4 is 28.3 Å². The number of fused-ring (bicyclic) bond motifs is 2. The molecule has 6 nitrogen and oxygen atoms in total. The number of anilines is 1. The Labute approximate surface area is 142 Å². The Kier molecular flexibility index (Phi) is 3.65. The number of nitrogens with one attached hydrogen (secondary N) is 1. The van der Waals surface area contributed by atoms with E-state index >= 15 is 0 Å². The summed E-state index contributed by atoms with van der Waals surface area (Å²) in [5, 5.41) is 14.6.